The molecule has 0 saturated carbocycles. The van der Waals surface area contributed by atoms with Crippen molar-refractivity contribution >= 4 is 18.0 Å². The van der Waals surface area contributed by atoms with Crippen LogP contribution < -0.4 is 15.0 Å². The number of ether oxygens (including phenoxy) is 2. The van der Waals surface area contributed by atoms with Gasteiger partial charge in [-0.15, -0.1) is 5.10 Å². The van der Waals surface area contributed by atoms with Crippen molar-refractivity contribution in [3.63, 3.8) is 0 Å². The first-order chi connectivity index (χ1) is 10.6. The molecule has 1 aromatic carbocycles. The second-order valence-corrected chi connectivity index (χ2v) is 4.91. The number of benzene rings is 1. The molecule has 0 bridgehead atoms. The molecule has 2 aromatic heterocycles. The zero-order valence-electron chi connectivity index (χ0n) is 12.2. The Morgan fingerprint density at radius 1 is 1.27 bits per heavy atom. The minimum atomic E-state index is -0.301. The van der Waals surface area contributed by atoms with Crippen LogP contribution in [0.25, 0.3) is 17.0 Å². The Morgan fingerprint density at radius 2 is 2.05 bits per heavy atom. The lowest BCUT2D eigenvalue weighted by Gasteiger charge is -2.10. The van der Waals surface area contributed by atoms with Gasteiger partial charge in [0.15, 0.2) is 5.69 Å². The lowest BCUT2D eigenvalue weighted by molar-refractivity contribution is 0.395. The van der Waals surface area contributed by atoms with Crippen LogP contribution in [0.4, 0.5) is 0 Å². The van der Waals surface area contributed by atoms with Gasteiger partial charge in [0.25, 0.3) is 11.3 Å². The summed E-state index contributed by atoms with van der Waals surface area (Å²) >= 11 is 5.12. The largest absolute Gasteiger partial charge is 0.497 e. The standard InChI is InChI=1S/C13H13N5O3S/c1-17-11(19)10(16-18-12(17)14-15-13(18)22)8-5-4-7(20-2)6-9(8)21-3/h4-6H,1-3H3,(H,15,22). The number of aromatic amines is 1. The van der Waals surface area contributed by atoms with Crippen molar-refractivity contribution in [3.8, 4) is 22.8 Å². The predicted molar refractivity (Wildman–Crippen MR) is 82.0 cm³/mol. The van der Waals surface area contributed by atoms with Gasteiger partial charge >= 0.3 is 0 Å². The Hall–Kier alpha value is -2.68. The number of aromatic nitrogens is 5. The van der Waals surface area contributed by atoms with Gasteiger partial charge in [0.1, 0.15) is 11.5 Å². The molecule has 0 aliphatic carbocycles. The van der Waals surface area contributed by atoms with Gasteiger partial charge in [0, 0.05) is 13.1 Å². The van der Waals surface area contributed by atoms with E-state index < -0.39 is 0 Å². The summed E-state index contributed by atoms with van der Waals surface area (Å²) in [5.74, 6) is 1.45. The molecule has 0 fully saturated rings. The normalized spacial score (nSPS) is 10.9. The first kappa shape index (κ1) is 14.3. The van der Waals surface area contributed by atoms with Crippen molar-refractivity contribution < 1.29 is 9.47 Å². The third-order valence-corrected chi connectivity index (χ3v) is 3.57. The smallest absolute Gasteiger partial charge is 0.281 e. The van der Waals surface area contributed by atoms with E-state index in [1.54, 1.807) is 32.4 Å². The number of fused-ring (bicyclic) bond motifs is 1. The highest BCUT2D eigenvalue weighted by atomic mass is 32.1. The van der Waals surface area contributed by atoms with Gasteiger partial charge in [0.05, 0.1) is 19.8 Å². The number of hydrogen-bond acceptors (Lipinski definition) is 6. The Morgan fingerprint density at radius 3 is 2.73 bits per heavy atom. The van der Waals surface area contributed by atoms with Crippen molar-refractivity contribution in [2.24, 2.45) is 7.05 Å². The molecule has 0 radical (unpaired) electrons. The van der Waals surface area contributed by atoms with E-state index in [4.69, 9.17) is 21.7 Å². The quantitative estimate of drug-likeness (QED) is 0.729. The first-order valence-corrected chi connectivity index (χ1v) is 6.74. The van der Waals surface area contributed by atoms with Crippen molar-refractivity contribution in [3.05, 3.63) is 33.3 Å². The summed E-state index contributed by atoms with van der Waals surface area (Å²) in [7, 11) is 4.68. The minimum absolute atomic E-state index is 0.215. The number of nitrogens with one attached hydrogen (secondary N) is 1. The summed E-state index contributed by atoms with van der Waals surface area (Å²) < 4.78 is 13.6. The van der Waals surface area contributed by atoms with Crippen molar-refractivity contribution in [2.75, 3.05) is 14.2 Å². The predicted octanol–water partition coefficient (Wildman–Crippen LogP) is 1.17. The van der Waals surface area contributed by atoms with Crippen LogP contribution in [0.3, 0.4) is 0 Å². The van der Waals surface area contributed by atoms with E-state index in [1.165, 1.54) is 16.2 Å². The summed E-state index contributed by atoms with van der Waals surface area (Å²) in [5.41, 5.74) is 0.464. The van der Waals surface area contributed by atoms with Crippen LogP contribution in [0.1, 0.15) is 0 Å². The molecule has 1 N–H and O–H groups in total. The van der Waals surface area contributed by atoms with Crippen molar-refractivity contribution in [1.29, 1.82) is 0 Å². The number of aryl methyl sites for hydroxylation is 1. The first-order valence-electron chi connectivity index (χ1n) is 6.33. The van der Waals surface area contributed by atoms with Crippen LogP contribution in [0.2, 0.25) is 0 Å². The molecule has 9 heteroatoms. The molecule has 3 rings (SSSR count). The fourth-order valence-electron chi connectivity index (χ4n) is 2.15. The Bertz CT molecular complexity index is 972. The van der Waals surface area contributed by atoms with Gasteiger partial charge in [-0.2, -0.15) is 9.61 Å². The van der Waals surface area contributed by atoms with Crippen molar-refractivity contribution in [1.82, 2.24) is 24.4 Å². The molecular formula is C13H13N5O3S. The van der Waals surface area contributed by atoms with E-state index in [0.717, 1.165) is 0 Å². The minimum Gasteiger partial charge on any atom is -0.497 e. The van der Waals surface area contributed by atoms with Crippen LogP contribution in [0.15, 0.2) is 23.0 Å². The summed E-state index contributed by atoms with van der Waals surface area (Å²) in [4.78, 5) is 12.5. The fourth-order valence-corrected chi connectivity index (χ4v) is 2.31. The Labute approximate surface area is 129 Å². The van der Waals surface area contributed by atoms with Gasteiger partial charge in [-0.3, -0.25) is 9.36 Å². The van der Waals surface area contributed by atoms with Gasteiger partial charge in [-0.1, -0.05) is 0 Å². The molecule has 0 unspecified atom stereocenters. The fraction of sp³-hybridized carbons (Fsp3) is 0.231. The number of rotatable bonds is 3. The maximum absolute atomic E-state index is 12.5. The maximum Gasteiger partial charge on any atom is 0.281 e. The lowest BCUT2D eigenvalue weighted by atomic mass is 10.1. The Balaban J connectivity index is 2.35. The molecule has 0 atom stereocenters. The third-order valence-electron chi connectivity index (χ3n) is 3.30. The molecule has 0 aliphatic heterocycles. The highest BCUT2D eigenvalue weighted by Gasteiger charge is 2.17. The summed E-state index contributed by atoms with van der Waals surface area (Å²) in [6.07, 6.45) is 0. The molecule has 2 heterocycles. The monoisotopic (exact) mass is 319 g/mol. The van der Waals surface area contributed by atoms with Gasteiger partial charge < -0.3 is 9.47 Å². The Kier molecular flexibility index (Phi) is 3.41. The van der Waals surface area contributed by atoms with E-state index in [0.29, 0.717) is 27.6 Å². The molecule has 0 spiro atoms. The SMILES string of the molecule is COc1ccc(-c2nn3c(=S)[nH]nc3n(C)c2=O)c(OC)c1. The molecule has 3 aromatic rings. The van der Waals surface area contributed by atoms with E-state index in [9.17, 15) is 4.79 Å². The zero-order chi connectivity index (χ0) is 15.9. The molecule has 114 valence electrons. The maximum atomic E-state index is 12.5. The van der Waals surface area contributed by atoms with E-state index in [-0.39, 0.29) is 11.3 Å². The molecule has 22 heavy (non-hydrogen) atoms. The van der Waals surface area contributed by atoms with E-state index in [1.807, 2.05) is 0 Å². The molecule has 0 amide bonds. The molecule has 8 nitrogen and oxygen atoms in total. The number of hydrogen-bond donors (Lipinski definition) is 1. The molecule has 0 aliphatic rings. The van der Waals surface area contributed by atoms with E-state index in [2.05, 4.69) is 15.3 Å². The average molecular weight is 319 g/mol. The molecule has 0 saturated heterocycles. The summed E-state index contributed by atoms with van der Waals surface area (Å²) in [5, 5.41) is 10.9. The second-order valence-electron chi connectivity index (χ2n) is 4.52. The van der Waals surface area contributed by atoms with Crippen LogP contribution in [0.5, 0.6) is 11.5 Å². The average Bonchev–Trinajstić information content (AvgIpc) is 2.91. The van der Waals surface area contributed by atoms with E-state index >= 15 is 0 Å². The van der Waals surface area contributed by atoms with Crippen LogP contribution in [-0.2, 0) is 7.05 Å². The van der Waals surface area contributed by atoms with Crippen LogP contribution >= 0.6 is 12.2 Å². The highest BCUT2D eigenvalue weighted by Crippen LogP contribution is 2.30. The summed E-state index contributed by atoms with van der Waals surface area (Å²) in [6, 6.07) is 5.14. The summed E-state index contributed by atoms with van der Waals surface area (Å²) in [6.45, 7) is 0. The topological polar surface area (TPSA) is 86.4 Å². The zero-order valence-corrected chi connectivity index (χ0v) is 13.0. The van der Waals surface area contributed by atoms with Gasteiger partial charge in [0.2, 0.25) is 4.77 Å². The number of methoxy groups -OCH3 is 2. The number of H-pyrrole nitrogens is 1. The van der Waals surface area contributed by atoms with Gasteiger partial charge in [-0.05, 0) is 24.4 Å². The third kappa shape index (κ3) is 2.06. The van der Waals surface area contributed by atoms with Crippen LogP contribution in [0, 0.1) is 4.77 Å². The lowest BCUT2D eigenvalue weighted by Crippen LogP contribution is -2.24. The highest BCUT2D eigenvalue weighted by molar-refractivity contribution is 7.71. The number of nitrogens with zero attached hydrogens (tertiary/aromatic N) is 4. The van der Waals surface area contributed by atoms with Crippen LogP contribution in [-0.4, -0.2) is 38.6 Å². The van der Waals surface area contributed by atoms with Crippen molar-refractivity contribution in [2.45, 2.75) is 0 Å². The van der Waals surface area contributed by atoms with Gasteiger partial charge in [-0.25, -0.2) is 5.10 Å². The molecular weight excluding hydrogens is 306 g/mol. The second kappa shape index (κ2) is 5.26.